The average molecular weight is 220 g/mol. The van der Waals surface area contributed by atoms with Crippen LogP contribution in [0.2, 0.25) is 0 Å². The van der Waals surface area contributed by atoms with Gasteiger partial charge in [-0.15, -0.1) is 0 Å². The minimum absolute atomic E-state index is 0.173. The summed E-state index contributed by atoms with van der Waals surface area (Å²) in [7, 11) is 3.06. The van der Waals surface area contributed by atoms with Crippen molar-refractivity contribution in [2.24, 2.45) is 5.73 Å². The monoisotopic (exact) mass is 220 g/mol. The molecule has 1 amide bonds. The highest BCUT2D eigenvalue weighted by Gasteiger charge is 2.14. The summed E-state index contributed by atoms with van der Waals surface area (Å²) in [6.45, 7) is 2.15. The van der Waals surface area contributed by atoms with E-state index in [1.54, 1.807) is 7.11 Å². The van der Waals surface area contributed by atoms with Gasteiger partial charge in [0.25, 0.3) is 5.91 Å². The first kappa shape index (κ1) is 14.3. The molecule has 0 saturated carbocycles. The smallest absolute Gasteiger partial charge is 0.250 e. The van der Waals surface area contributed by atoms with Gasteiger partial charge in [-0.3, -0.25) is 4.79 Å². The zero-order valence-corrected chi connectivity index (χ0v) is 9.32. The van der Waals surface area contributed by atoms with Crippen LogP contribution in [0.4, 0.5) is 0 Å². The highest BCUT2D eigenvalue weighted by Crippen LogP contribution is 1.86. The summed E-state index contributed by atoms with van der Waals surface area (Å²) in [5.41, 5.74) is 5.32. The molecule has 6 nitrogen and oxygen atoms in total. The lowest BCUT2D eigenvalue weighted by atomic mass is 10.3. The lowest BCUT2D eigenvalue weighted by Gasteiger charge is -2.12. The van der Waals surface area contributed by atoms with Crippen LogP contribution in [0.25, 0.3) is 0 Å². The molecule has 0 radical (unpaired) electrons. The summed E-state index contributed by atoms with van der Waals surface area (Å²) in [5.74, 6) is -0.213. The summed E-state index contributed by atoms with van der Waals surface area (Å²) in [4.78, 5) is 11.3. The molecule has 6 heteroatoms. The fraction of sp³-hybridized carbons (Fsp3) is 0.889. The van der Waals surface area contributed by atoms with Crippen molar-refractivity contribution < 1.29 is 19.0 Å². The van der Waals surface area contributed by atoms with Crippen LogP contribution in [0.1, 0.15) is 0 Å². The Balaban J connectivity index is 3.38. The molecule has 0 fully saturated rings. The van der Waals surface area contributed by atoms with E-state index in [9.17, 15) is 4.79 Å². The van der Waals surface area contributed by atoms with Crippen molar-refractivity contribution in [3.8, 4) is 0 Å². The van der Waals surface area contributed by atoms with E-state index < -0.39 is 6.10 Å². The second-order valence-electron chi connectivity index (χ2n) is 2.86. The Morgan fingerprint density at radius 2 is 2.07 bits per heavy atom. The van der Waals surface area contributed by atoms with Crippen molar-refractivity contribution in [2.75, 3.05) is 47.1 Å². The molecular formula is C9H20N2O4. The van der Waals surface area contributed by atoms with E-state index in [4.69, 9.17) is 19.9 Å². The second kappa shape index (κ2) is 9.85. The first-order chi connectivity index (χ1) is 7.26. The molecule has 0 heterocycles. The highest BCUT2D eigenvalue weighted by molar-refractivity contribution is 5.80. The number of hydrogen-bond acceptors (Lipinski definition) is 5. The van der Waals surface area contributed by atoms with E-state index in [1.165, 1.54) is 7.11 Å². The standard InChI is InChI=1S/C9H20N2O4/c1-13-5-6-15-4-3-11-9(12)8(7-10)14-2/h8H,3-7,10H2,1-2H3,(H,11,12). The van der Waals surface area contributed by atoms with Crippen LogP contribution in [0.5, 0.6) is 0 Å². The van der Waals surface area contributed by atoms with E-state index in [-0.39, 0.29) is 12.5 Å². The van der Waals surface area contributed by atoms with Gasteiger partial charge in [0.2, 0.25) is 0 Å². The van der Waals surface area contributed by atoms with Crippen molar-refractivity contribution in [2.45, 2.75) is 6.10 Å². The molecule has 15 heavy (non-hydrogen) atoms. The normalized spacial score (nSPS) is 12.5. The van der Waals surface area contributed by atoms with Gasteiger partial charge in [0.1, 0.15) is 6.10 Å². The van der Waals surface area contributed by atoms with Gasteiger partial charge in [0.05, 0.1) is 19.8 Å². The molecule has 1 unspecified atom stereocenters. The van der Waals surface area contributed by atoms with Gasteiger partial charge in [-0.1, -0.05) is 0 Å². The van der Waals surface area contributed by atoms with Gasteiger partial charge in [0, 0.05) is 27.3 Å². The first-order valence-electron chi connectivity index (χ1n) is 4.83. The Morgan fingerprint density at radius 1 is 1.33 bits per heavy atom. The van der Waals surface area contributed by atoms with Crippen molar-refractivity contribution in [1.29, 1.82) is 0 Å². The Hall–Kier alpha value is -0.690. The number of rotatable bonds is 9. The molecule has 0 aromatic carbocycles. The third-order valence-electron chi connectivity index (χ3n) is 1.77. The Bertz CT molecular complexity index is 162. The lowest BCUT2D eigenvalue weighted by Crippen LogP contribution is -2.41. The van der Waals surface area contributed by atoms with Gasteiger partial charge in [-0.2, -0.15) is 0 Å². The van der Waals surface area contributed by atoms with Gasteiger partial charge < -0.3 is 25.3 Å². The Labute approximate surface area is 90.1 Å². The quantitative estimate of drug-likeness (QED) is 0.474. The molecule has 0 aromatic rings. The van der Waals surface area contributed by atoms with E-state index in [0.717, 1.165) is 0 Å². The number of carbonyl (C=O) groups excluding carboxylic acids is 1. The number of nitrogens with one attached hydrogen (secondary N) is 1. The molecule has 0 saturated heterocycles. The fourth-order valence-corrected chi connectivity index (χ4v) is 0.915. The summed E-state index contributed by atoms with van der Waals surface area (Å²) < 4.78 is 14.8. The predicted octanol–water partition coefficient (Wildman–Crippen LogP) is -1.26. The maximum atomic E-state index is 11.3. The van der Waals surface area contributed by atoms with Crippen LogP contribution in [-0.2, 0) is 19.0 Å². The highest BCUT2D eigenvalue weighted by atomic mass is 16.5. The van der Waals surface area contributed by atoms with Gasteiger partial charge in [-0.05, 0) is 0 Å². The SMILES string of the molecule is COCCOCCNC(=O)C(CN)OC. The number of amides is 1. The molecule has 0 rings (SSSR count). The molecule has 0 bridgehead atoms. The van der Waals surface area contributed by atoms with E-state index >= 15 is 0 Å². The van der Waals surface area contributed by atoms with E-state index in [2.05, 4.69) is 5.32 Å². The zero-order chi connectivity index (χ0) is 11.5. The maximum Gasteiger partial charge on any atom is 0.250 e. The van der Waals surface area contributed by atoms with Crippen molar-refractivity contribution in [3.63, 3.8) is 0 Å². The van der Waals surface area contributed by atoms with Crippen molar-refractivity contribution in [1.82, 2.24) is 5.32 Å². The number of methoxy groups -OCH3 is 2. The zero-order valence-electron chi connectivity index (χ0n) is 9.32. The van der Waals surface area contributed by atoms with Gasteiger partial charge in [0.15, 0.2) is 0 Å². The van der Waals surface area contributed by atoms with E-state index in [1.807, 2.05) is 0 Å². The largest absolute Gasteiger partial charge is 0.382 e. The number of nitrogens with two attached hydrogens (primary N) is 1. The van der Waals surface area contributed by atoms with E-state index in [0.29, 0.717) is 26.4 Å². The van der Waals surface area contributed by atoms with Crippen LogP contribution in [0.3, 0.4) is 0 Å². The molecule has 0 aromatic heterocycles. The molecule has 0 aliphatic carbocycles. The predicted molar refractivity (Wildman–Crippen MR) is 55.6 cm³/mol. The van der Waals surface area contributed by atoms with Crippen LogP contribution < -0.4 is 11.1 Å². The topological polar surface area (TPSA) is 82.8 Å². The van der Waals surface area contributed by atoms with Crippen LogP contribution in [-0.4, -0.2) is 59.1 Å². The Kier molecular flexibility index (Phi) is 9.40. The summed E-state index contributed by atoms with van der Waals surface area (Å²) in [6, 6.07) is 0. The summed E-state index contributed by atoms with van der Waals surface area (Å²) in [6.07, 6.45) is -0.580. The molecule has 0 aliphatic heterocycles. The van der Waals surface area contributed by atoms with Crippen LogP contribution >= 0.6 is 0 Å². The third kappa shape index (κ3) is 7.26. The Morgan fingerprint density at radius 3 is 2.60 bits per heavy atom. The number of hydrogen-bond donors (Lipinski definition) is 2. The molecule has 90 valence electrons. The molecule has 0 spiro atoms. The van der Waals surface area contributed by atoms with Crippen molar-refractivity contribution in [3.05, 3.63) is 0 Å². The van der Waals surface area contributed by atoms with Gasteiger partial charge >= 0.3 is 0 Å². The fourth-order valence-electron chi connectivity index (χ4n) is 0.915. The van der Waals surface area contributed by atoms with Crippen LogP contribution in [0.15, 0.2) is 0 Å². The summed E-state index contributed by atoms with van der Waals surface area (Å²) >= 11 is 0. The van der Waals surface area contributed by atoms with Gasteiger partial charge in [-0.25, -0.2) is 0 Å². The third-order valence-corrected chi connectivity index (χ3v) is 1.77. The molecule has 0 aliphatic rings. The second-order valence-corrected chi connectivity index (χ2v) is 2.86. The molecular weight excluding hydrogens is 200 g/mol. The first-order valence-corrected chi connectivity index (χ1v) is 4.83. The van der Waals surface area contributed by atoms with Crippen LogP contribution in [0, 0.1) is 0 Å². The molecule has 3 N–H and O–H groups in total. The minimum atomic E-state index is -0.580. The molecule has 1 atom stereocenters. The average Bonchev–Trinajstić information content (AvgIpc) is 2.25. The maximum absolute atomic E-state index is 11.3. The summed E-state index contributed by atoms with van der Waals surface area (Å²) in [5, 5.41) is 2.65. The lowest BCUT2D eigenvalue weighted by molar-refractivity contribution is -0.130. The van der Waals surface area contributed by atoms with Crippen molar-refractivity contribution >= 4 is 5.91 Å². The number of carbonyl (C=O) groups is 1. The number of ether oxygens (including phenoxy) is 3. The minimum Gasteiger partial charge on any atom is -0.382 e.